The molecule has 2 aromatic rings. The Kier molecular flexibility index (Phi) is 6.38. The van der Waals surface area contributed by atoms with E-state index in [1.807, 2.05) is 6.92 Å². The van der Waals surface area contributed by atoms with Gasteiger partial charge < -0.3 is 9.47 Å². The highest BCUT2D eigenvalue weighted by molar-refractivity contribution is 6.03. The highest BCUT2D eigenvalue weighted by atomic mass is 19.4. The van der Waals surface area contributed by atoms with Gasteiger partial charge in [-0.2, -0.15) is 13.2 Å². The van der Waals surface area contributed by atoms with Gasteiger partial charge in [0.15, 0.2) is 0 Å². The van der Waals surface area contributed by atoms with E-state index in [0.717, 1.165) is 6.07 Å². The van der Waals surface area contributed by atoms with Gasteiger partial charge in [0.25, 0.3) is 0 Å². The summed E-state index contributed by atoms with van der Waals surface area (Å²) in [5.41, 5.74) is -1.09. The summed E-state index contributed by atoms with van der Waals surface area (Å²) in [5, 5.41) is 0. The van der Waals surface area contributed by atoms with Gasteiger partial charge in [0.05, 0.1) is 23.3 Å². The first-order chi connectivity index (χ1) is 12.3. The molecule has 0 atom stereocenters. The largest absolute Gasteiger partial charge is 0.462 e. The van der Waals surface area contributed by atoms with Gasteiger partial charge in [-0.3, -0.25) is 0 Å². The second-order valence-corrected chi connectivity index (χ2v) is 5.41. The molecule has 2 aromatic carbocycles. The van der Waals surface area contributed by atoms with Crippen LogP contribution in [0.3, 0.4) is 0 Å². The Morgan fingerprint density at radius 1 is 0.885 bits per heavy atom. The van der Waals surface area contributed by atoms with Gasteiger partial charge in [0.1, 0.15) is 6.61 Å². The van der Waals surface area contributed by atoms with E-state index >= 15 is 0 Å². The normalized spacial score (nSPS) is 11.1. The molecule has 0 aliphatic heterocycles. The fourth-order valence-electron chi connectivity index (χ4n) is 2.26. The van der Waals surface area contributed by atoms with Crippen LogP contribution in [-0.4, -0.2) is 18.5 Å². The molecule has 0 bridgehead atoms. The van der Waals surface area contributed by atoms with Crippen LogP contribution in [0.15, 0.2) is 48.5 Å². The molecule has 0 aromatic heterocycles. The van der Waals surface area contributed by atoms with Crippen LogP contribution < -0.4 is 0 Å². The van der Waals surface area contributed by atoms with Crippen molar-refractivity contribution in [2.24, 2.45) is 0 Å². The first-order valence-corrected chi connectivity index (χ1v) is 7.93. The zero-order chi connectivity index (χ0) is 19.2. The Bertz CT molecular complexity index is 784. The SMILES string of the molecule is CCCOC(=O)c1ccccc1C(=O)OCc1ccccc1C(F)(F)F. The fraction of sp³-hybridized carbons (Fsp3) is 0.263. The Labute approximate surface area is 148 Å². The zero-order valence-corrected chi connectivity index (χ0v) is 14.0. The number of alkyl halides is 3. The third kappa shape index (κ3) is 4.84. The molecular weight excluding hydrogens is 349 g/mol. The average Bonchev–Trinajstić information content (AvgIpc) is 2.63. The number of hydrogen-bond acceptors (Lipinski definition) is 4. The summed E-state index contributed by atoms with van der Waals surface area (Å²) in [6.07, 6.45) is -3.93. The monoisotopic (exact) mass is 366 g/mol. The van der Waals surface area contributed by atoms with E-state index in [0.29, 0.717) is 6.42 Å². The van der Waals surface area contributed by atoms with E-state index in [2.05, 4.69) is 0 Å². The van der Waals surface area contributed by atoms with Crippen molar-refractivity contribution in [3.8, 4) is 0 Å². The van der Waals surface area contributed by atoms with Gasteiger partial charge in [-0.1, -0.05) is 37.3 Å². The highest BCUT2D eigenvalue weighted by Gasteiger charge is 2.33. The van der Waals surface area contributed by atoms with Gasteiger partial charge >= 0.3 is 18.1 Å². The lowest BCUT2D eigenvalue weighted by molar-refractivity contribution is -0.138. The fourth-order valence-corrected chi connectivity index (χ4v) is 2.26. The van der Waals surface area contributed by atoms with Crippen LogP contribution in [0.1, 0.15) is 45.2 Å². The molecule has 0 unspecified atom stereocenters. The van der Waals surface area contributed by atoms with Crippen molar-refractivity contribution in [2.75, 3.05) is 6.61 Å². The third-order valence-corrected chi connectivity index (χ3v) is 3.49. The summed E-state index contributed by atoms with van der Waals surface area (Å²) < 4.78 is 48.9. The number of halogens is 3. The molecule has 0 saturated carbocycles. The van der Waals surface area contributed by atoms with Gasteiger partial charge in [-0.25, -0.2) is 9.59 Å². The number of esters is 2. The zero-order valence-electron chi connectivity index (χ0n) is 14.0. The molecular formula is C19H17F3O4. The predicted octanol–water partition coefficient (Wildman–Crippen LogP) is 4.63. The molecule has 0 aliphatic rings. The molecule has 0 heterocycles. The lowest BCUT2D eigenvalue weighted by atomic mass is 10.1. The molecule has 138 valence electrons. The summed E-state index contributed by atoms with van der Waals surface area (Å²) in [6, 6.07) is 10.7. The molecule has 0 radical (unpaired) electrons. The smallest absolute Gasteiger partial charge is 0.416 e. The molecule has 26 heavy (non-hydrogen) atoms. The predicted molar refractivity (Wildman–Crippen MR) is 87.6 cm³/mol. The maximum absolute atomic E-state index is 13.0. The van der Waals surface area contributed by atoms with Crippen molar-refractivity contribution < 1.29 is 32.2 Å². The van der Waals surface area contributed by atoms with Crippen molar-refractivity contribution >= 4 is 11.9 Å². The summed E-state index contributed by atoms with van der Waals surface area (Å²) in [7, 11) is 0. The van der Waals surface area contributed by atoms with E-state index in [1.54, 1.807) is 6.07 Å². The van der Waals surface area contributed by atoms with Crippen molar-refractivity contribution in [1.29, 1.82) is 0 Å². The van der Waals surface area contributed by atoms with Crippen LogP contribution in [0, 0.1) is 0 Å². The minimum absolute atomic E-state index is 0.00931. The van der Waals surface area contributed by atoms with Crippen molar-refractivity contribution in [2.45, 2.75) is 26.1 Å². The van der Waals surface area contributed by atoms with Gasteiger partial charge in [-0.15, -0.1) is 0 Å². The van der Waals surface area contributed by atoms with Gasteiger partial charge in [0.2, 0.25) is 0 Å². The summed E-state index contributed by atoms with van der Waals surface area (Å²) >= 11 is 0. The third-order valence-electron chi connectivity index (χ3n) is 3.49. The minimum atomic E-state index is -4.55. The number of carbonyl (C=O) groups excluding carboxylic acids is 2. The van der Waals surface area contributed by atoms with Crippen LogP contribution in [0.4, 0.5) is 13.2 Å². The number of carbonyl (C=O) groups is 2. The standard InChI is InChI=1S/C19H17F3O4/c1-2-11-25-17(23)14-8-4-5-9-15(14)18(24)26-12-13-7-3-6-10-16(13)19(20,21)22/h3-10H,2,11-12H2,1H3. The molecule has 0 spiro atoms. The maximum Gasteiger partial charge on any atom is 0.416 e. The van der Waals surface area contributed by atoms with E-state index in [1.165, 1.54) is 36.4 Å². The molecule has 0 N–H and O–H groups in total. The van der Waals surface area contributed by atoms with Gasteiger partial charge in [0, 0.05) is 5.56 Å². The molecule has 0 amide bonds. The van der Waals surface area contributed by atoms with Crippen LogP contribution in [0.5, 0.6) is 0 Å². The lowest BCUT2D eigenvalue weighted by Crippen LogP contribution is -2.15. The van der Waals surface area contributed by atoms with Crippen molar-refractivity contribution in [1.82, 2.24) is 0 Å². The molecule has 7 heteroatoms. The number of hydrogen-bond donors (Lipinski definition) is 0. The van der Waals surface area contributed by atoms with Crippen LogP contribution >= 0.6 is 0 Å². The Hall–Kier alpha value is -2.83. The maximum atomic E-state index is 13.0. The number of rotatable bonds is 6. The second kappa shape index (κ2) is 8.51. The molecule has 0 fully saturated rings. The Morgan fingerprint density at radius 2 is 1.42 bits per heavy atom. The Morgan fingerprint density at radius 3 is 2.00 bits per heavy atom. The van der Waals surface area contributed by atoms with E-state index in [4.69, 9.17) is 9.47 Å². The van der Waals surface area contributed by atoms with E-state index in [9.17, 15) is 22.8 Å². The summed E-state index contributed by atoms with van der Waals surface area (Å²) in [4.78, 5) is 24.3. The van der Waals surface area contributed by atoms with E-state index in [-0.39, 0.29) is 23.3 Å². The number of benzene rings is 2. The lowest BCUT2D eigenvalue weighted by Gasteiger charge is -2.13. The summed E-state index contributed by atoms with van der Waals surface area (Å²) in [5.74, 6) is -1.58. The number of ether oxygens (including phenoxy) is 2. The minimum Gasteiger partial charge on any atom is -0.462 e. The first kappa shape index (κ1) is 19.5. The quantitative estimate of drug-likeness (QED) is 0.700. The van der Waals surface area contributed by atoms with Crippen molar-refractivity contribution in [3.05, 3.63) is 70.8 Å². The van der Waals surface area contributed by atoms with Crippen LogP contribution in [0.2, 0.25) is 0 Å². The molecule has 2 rings (SSSR count). The average molecular weight is 366 g/mol. The second-order valence-electron chi connectivity index (χ2n) is 5.41. The van der Waals surface area contributed by atoms with Crippen molar-refractivity contribution in [3.63, 3.8) is 0 Å². The highest BCUT2D eigenvalue weighted by Crippen LogP contribution is 2.32. The van der Waals surface area contributed by atoms with Crippen LogP contribution in [-0.2, 0) is 22.3 Å². The molecule has 0 saturated heterocycles. The Balaban J connectivity index is 2.16. The molecule has 0 aliphatic carbocycles. The van der Waals surface area contributed by atoms with Gasteiger partial charge in [-0.05, 0) is 24.6 Å². The first-order valence-electron chi connectivity index (χ1n) is 7.93. The molecule has 4 nitrogen and oxygen atoms in total. The topological polar surface area (TPSA) is 52.6 Å². The van der Waals surface area contributed by atoms with Crippen LogP contribution in [0.25, 0.3) is 0 Å². The van der Waals surface area contributed by atoms with E-state index < -0.39 is 30.3 Å². The summed E-state index contributed by atoms with van der Waals surface area (Å²) in [6.45, 7) is 1.46.